The van der Waals surface area contributed by atoms with Crippen molar-refractivity contribution in [2.24, 2.45) is 0 Å². The highest BCUT2D eigenvalue weighted by Crippen LogP contribution is 2.14. The van der Waals surface area contributed by atoms with Gasteiger partial charge < -0.3 is 9.15 Å². The first-order valence-electron chi connectivity index (χ1n) is 5.33. The number of aromatic nitrogens is 4. The molecule has 0 bridgehead atoms. The van der Waals surface area contributed by atoms with Crippen molar-refractivity contribution in [2.75, 3.05) is 7.11 Å². The molecule has 7 nitrogen and oxygen atoms in total. The second-order valence-electron chi connectivity index (χ2n) is 3.84. The van der Waals surface area contributed by atoms with Crippen LogP contribution in [-0.4, -0.2) is 26.7 Å². The zero-order valence-corrected chi connectivity index (χ0v) is 9.88. The molecule has 18 heavy (non-hydrogen) atoms. The number of nitrogens with zero attached hydrogens (tertiary/aromatic N) is 4. The van der Waals surface area contributed by atoms with E-state index in [-0.39, 0.29) is 0 Å². The van der Waals surface area contributed by atoms with Crippen molar-refractivity contribution in [3.8, 4) is 0 Å². The van der Waals surface area contributed by atoms with E-state index in [9.17, 15) is 4.79 Å². The Hall–Kier alpha value is -2.28. The normalized spacial score (nSPS) is 11.4. The fraction of sp³-hybridized carbons (Fsp3) is 0.273. The minimum atomic E-state index is -0.428. The summed E-state index contributed by atoms with van der Waals surface area (Å²) in [5, 5.41) is 4.67. The predicted molar refractivity (Wildman–Crippen MR) is 62.3 cm³/mol. The molecule has 0 unspecified atom stereocenters. The Bertz CT molecular complexity index is 790. The topological polar surface area (TPSA) is 82.5 Å². The number of methoxy groups -OCH3 is 1. The average Bonchev–Trinajstić information content (AvgIpc) is 2.72. The van der Waals surface area contributed by atoms with Crippen molar-refractivity contribution in [3.05, 3.63) is 34.3 Å². The zero-order chi connectivity index (χ0) is 12.7. The molecule has 3 rings (SSSR count). The molecule has 0 fully saturated rings. The molecule has 3 heterocycles. The van der Waals surface area contributed by atoms with Gasteiger partial charge >= 0.3 is 5.63 Å². The number of ether oxygens (including phenoxy) is 1. The smallest absolute Gasteiger partial charge is 0.347 e. The molecule has 0 atom stereocenters. The second-order valence-corrected chi connectivity index (χ2v) is 3.84. The number of hydrogen-bond donors (Lipinski definition) is 0. The lowest BCUT2D eigenvalue weighted by Crippen LogP contribution is -2.06. The highest BCUT2D eigenvalue weighted by atomic mass is 16.5. The molecule has 92 valence electrons. The van der Waals surface area contributed by atoms with Crippen molar-refractivity contribution in [1.29, 1.82) is 0 Å². The molecule has 0 aliphatic heterocycles. The highest BCUT2D eigenvalue weighted by Gasteiger charge is 2.13. The van der Waals surface area contributed by atoms with Crippen LogP contribution in [0.1, 0.15) is 11.5 Å². The van der Waals surface area contributed by atoms with Gasteiger partial charge in [0.1, 0.15) is 12.0 Å². The third-order valence-electron chi connectivity index (χ3n) is 2.63. The van der Waals surface area contributed by atoms with Crippen LogP contribution in [0.3, 0.4) is 0 Å². The summed E-state index contributed by atoms with van der Waals surface area (Å²) in [4.78, 5) is 20.2. The molecular formula is C11H10N4O3. The van der Waals surface area contributed by atoms with Gasteiger partial charge in [-0.3, -0.25) is 0 Å². The Labute approximate surface area is 101 Å². The summed E-state index contributed by atoms with van der Waals surface area (Å²) < 4.78 is 11.3. The molecule has 0 aliphatic rings. The van der Waals surface area contributed by atoms with E-state index < -0.39 is 5.63 Å². The van der Waals surface area contributed by atoms with Crippen molar-refractivity contribution < 1.29 is 9.15 Å². The minimum absolute atomic E-state index is 0.297. The van der Waals surface area contributed by atoms with Crippen LogP contribution in [-0.2, 0) is 11.3 Å². The first-order chi connectivity index (χ1) is 8.70. The predicted octanol–water partition coefficient (Wildman–Crippen LogP) is 0.686. The summed E-state index contributed by atoms with van der Waals surface area (Å²) >= 11 is 0. The van der Waals surface area contributed by atoms with E-state index in [1.54, 1.807) is 20.1 Å². The summed E-state index contributed by atoms with van der Waals surface area (Å²) in [5.41, 5.74) is 0.773. The van der Waals surface area contributed by atoms with E-state index in [1.807, 2.05) is 0 Å². The Morgan fingerprint density at radius 3 is 3.06 bits per heavy atom. The van der Waals surface area contributed by atoms with E-state index >= 15 is 0 Å². The first kappa shape index (κ1) is 10.8. The molecule has 0 aromatic carbocycles. The molecule has 0 amide bonds. The van der Waals surface area contributed by atoms with Gasteiger partial charge in [0.2, 0.25) is 0 Å². The highest BCUT2D eigenvalue weighted by molar-refractivity contribution is 5.81. The number of hydrogen-bond acceptors (Lipinski definition) is 6. The molecule has 3 aromatic rings. The first-order valence-corrected chi connectivity index (χ1v) is 5.33. The number of fused-ring (bicyclic) bond motifs is 3. The quantitative estimate of drug-likeness (QED) is 0.661. The van der Waals surface area contributed by atoms with Crippen molar-refractivity contribution in [1.82, 2.24) is 19.6 Å². The van der Waals surface area contributed by atoms with Gasteiger partial charge in [0.25, 0.3) is 5.78 Å². The molecule has 0 radical (unpaired) electrons. The van der Waals surface area contributed by atoms with E-state index in [0.29, 0.717) is 34.8 Å². The Balaban J connectivity index is 2.45. The summed E-state index contributed by atoms with van der Waals surface area (Å²) in [5.74, 6) is 0.961. The second kappa shape index (κ2) is 3.88. The van der Waals surface area contributed by atoms with Crippen LogP contribution in [0.5, 0.6) is 0 Å². The van der Waals surface area contributed by atoms with E-state index in [1.165, 1.54) is 10.8 Å². The van der Waals surface area contributed by atoms with E-state index in [0.717, 1.165) is 0 Å². The Morgan fingerprint density at radius 2 is 2.28 bits per heavy atom. The monoisotopic (exact) mass is 246 g/mol. The van der Waals surface area contributed by atoms with Crippen molar-refractivity contribution in [2.45, 2.75) is 13.5 Å². The van der Waals surface area contributed by atoms with Crippen LogP contribution in [0.4, 0.5) is 0 Å². The van der Waals surface area contributed by atoms with Crippen LogP contribution in [0, 0.1) is 6.92 Å². The third kappa shape index (κ3) is 1.48. The van der Waals surface area contributed by atoms with Gasteiger partial charge in [0.05, 0.1) is 17.5 Å². The molecule has 0 aliphatic carbocycles. The minimum Gasteiger partial charge on any atom is -0.431 e. The van der Waals surface area contributed by atoms with Crippen LogP contribution in [0.2, 0.25) is 0 Å². The average molecular weight is 246 g/mol. The molecule has 0 saturated carbocycles. The SMILES string of the molecule is COCc1nc2nc(C)c3c(=O)occc3n2n1. The summed E-state index contributed by atoms with van der Waals surface area (Å²) in [7, 11) is 1.57. The lowest BCUT2D eigenvalue weighted by molar-refractivity contribution is 0.178. The van der Waals surface area contributed by atoms with Gasteiger partial charge in [-0.1, -0.05) is 0 Å². The standard InChI is InChI=1S/C11H10N4O3/c1-6-9-7(3-4-18-10(9)16)15-11(12-6)13-8(14-15)5-17-2/h3-4H,5H2,1-2H3. The maximum atomic E-state index is 11.7. The van der Waals surface area contributed by atoms with Gasteiger partial charge in [-0.05, 0) is 6.92 Å². The fourth-order valence-corrected chi connectivity index (χ4v) is 1.89. The maximum Gasteiger partial charge on any atom is 0.347 e. The van der Waals surface area contributed by atoms with Gasteiger partial charge in [0, 0.05) is 13.2 Å². The molecule has 3 aromatic heterocycles. The maximum absolute atomic E-state index is 11.7. The summed E-state index contributed by atoms with van der Waals surface area (Å²) in [6.07, 6.45) is 1.33. The molecule has 0 N–H and O–H groups in total. The molecule has 7 heteroatoms. The molecule has 0 saturated heterocycles. The van der Waals surface area contributed by atoms with Crippen LogP contribution in [0.15, 0.2) is 21.5 Å². The van der Waals surface area contributed by atoms with E-state index in [2.05, 4.69) is 15.1 Å². The number of rotatable bonds is 2. The lowest BCUT2D eigenvalue weighted by Gasteiger charge is -2.00. The Kier molecular flexibility index (Phi) is 2.34. The van der Waals surface area contributed by atoms with E-state index in [4.69, 9.17) is 9.15 Å². The van der Waals surface area contributed by atoms with Crippen molar-refractivity contribution in [3.63, 3.8) is 0 Å². The van der Waals surface area contributed by atoms with Crippen LogP contribution in [0.25, 0.3) is 16.7 Å². The van der Waals surface area contributed by atoms with Gasteiger partial charge in [-0.15, -0.1) is 5.10 Å². The Morgan fingerprint density at radius 1 is 1.44 bits per heavy atom. The fourth-order valence-electron chi connectivity index (χ4n) is 1.89. The third-order valence-corrected chi connectivity index (χ3v) is 2.63. The zero-order valence-electron chi connectivity index (χ0n) is 9.88. The van der Waals surface area contributed by atoms with Crippen LogP contribution >= 0.6 is 0 Å². The lowest BCUT2D eigenvalue weighted by atomic mass is 10.2. The van der Waals surface area contributed by atoms with Crippen LogP contribution < -0.4 is 5.63 Å². The van der Waals surface area contributed by atoms with Gasteiger partial charge in [-0.25, -0.2) is 9.78 Å². The number of aryl methyl sites for hydroxylation is 1. The molecular weight excluding hydrogens is 236 g/mol. The van der Waals surface area contributed by atoms with Gasteiger partial charge in [0.15, 0.2) is 5.82 Å². The largest absolute Gasteiger partial charge is 0.431 e. The molecule has 0 spiro atoms. The summed E-state index contributed by atoms with van der Waals surface area (Å²) in [6, 6.07) is 1.67. The van der Waals surface area contributed by atoms with Gasteiger partial charge in [-0.2, -0.15) is 9.50 Å². The summed E-state index contributed by atoms with van der Waals surface area (Å²) in [6.45, 7) is 2.04. The van der Waals surface area contributed by atoms with Crippen molar-refractivity contribution >= 4 is 16.7 Å².